The molecule has 0 unspecified atom stereocenters. The number of rotatable bonds is 3. The number of carbonyl (C=O) groups excluding carboxylic acids is 1. The molecular formula is C14H11N5O3. The van der Waals surface area contributed by atoms with Crippen LogP contribution in [0.5, 0.6) is 5.75 Å². The Morgan fingerprint density at radius 1 is 1.27 bits per heavy atom. The monoisotopic (exact) mass is 297 g/mol. The van der Waals surface area contributed by atoms with E-state index in [4.69, 9.17) is 5.73 Å². The van der Waals surface area contributed by atoms with Crippen molar-refractivity contribution < 1.29 is 14.5 Å². The predicted molar refractivity (Wildman–Crippen MR) is 79.4 cm³/mol. The first-order chi connectivity index (χ1) is 10.7. The molecule has 0 aliphatic rings. The maximum absolute atomic E-state index is 11.7. The molecule has 1 aromatic heterocycles. The molecule has 8 heteroatoms. The average Bonchev–Trinajstić information content (AvgIpc) is 2.95. The number of phenolic OH excluding ortho intramolecular Hbond substituents is 1. The molecule has 2 aromatic carbocycles. The maximum Gasteiger partial charge on any atom is 0.297 e. The van der Waals surface area contributed by atoms with Crippen molar-refractivity contribution in [2.75, 3.05) is 5.73 Å². The average molecular weight is 297 g/mol. The number of nitrogens with two attached hydrogens (primary N) is 1. The number of hydrogen-bond acceptors (Lipinski definition) is 7. The Balaban J connectivity index is 1.86. The summed E-state index contributed by atoms with van der Waals surface area (Å²) in [4.78, 5) is 11.7. The first-order valence-electron chi connectivity index (χ1n) is 6.29. The van der Waals surface area contributed by atoms with Crippen LogP contribution in [0.1, 0.15) is 16.1 Å². The summed E-state index contributed by atoms with van der Waals surface area (Å²) in [6, 6.07) is 10.8. The molecule has 0 fully saturated rings. The predicted octanol–water partition coefficient (Wildman–Crippen LogP) is 1.27. The van der Waals surface area contributed by atoms with Gasteiger partial charge in [0, 0.05) is 5.56 Å². The molecule has 0 bridgehead atoms. The minimum absolute atomic E-state index is 0.0549. The second-order valence-corrected chi connectivity index (χ2v) is 4.42. The van der Waals surface area contributed by atoms with E-state index in [0.717, 1.165) is 10.8 Å². The minimum Gasteiger partial charge on any atom is -0.507 e. The van der Waals surface area contributed by atoms with Crippen molar-refractivity contribution in [1.82, 2.24) is 15.7 Å². The van der Waals surface area contributed by atoms with E-state index in [1.54, 1.807) is 12.1 Å². The molecule has 0 saturated carbocycles. The number of benzene rings is 2. The molecule has 3 rings (SSSR count). The maximum atomic E-state index is 11.7. The first kappa shape index (κ1) is 13.6. The van der Waals surface area contributed by atoms with Crippen molar-refractivity contribution in [1.29, 1.82) is 0 Å². The largest absolute Gasteiger partial charge is 0.507 e. The molecule has 1 heterocycles. The topological polar surface area (TPSA) is 127 Å². The summed E-state index contributed by atoms with van der Waals surface area (Å²) in [5.74, 6) is -0.727. The quantitative estimate of drug-likeness (QED) is 0.493. The van der Waals surface area contributed by atoms with Crippen LogP contribution in [0.15, 0.2) is 46.1 Å². The molecular weight excluding hydrogens is 286 g/mol. The summed E-state index contributed by atoms with van der Waals surface area (Å²) in [7, 11) is 0. The number of fused-ring (bicyclic) bond motifs is 1. The van der Waals surface area contributed by atoms with Gasteiger partial charge in [0.2, 0.25) is 11.5 Å². The van der Waals surface area contributed by atoms with Crippen LogP contribution in [0.4, 0.5) is 5.82 Å². The van der Waals surface area contributed by atoms with Gasteiger partial charge < -0.3 is 10.8 Å². The van der Waals surface area contributed by atoms with Crippen LogP contribution in [0.2, 0.25) is 0 Å². The van der Waals surface area contributed by atoms with Crippen LogP contribution < -0.4 is 11.2 Å². The van der Waals surface area contributed by atoms with Crippen LogP contribution in [-0.4, -0.2) is 27.5 Å². The highest BCUT2D eigenvalue weighted by molar-refractivity contribution is 6.03. The number of nitrogens with one attached hydrogen (secondary N) is 1. The summed E-state index contributed by atoms with van der Waals surface area (Å²) in [6.07, 6.45) is 1.35. The van der Waals surface area contributed by atoms with Crippen molar-refractivity contribution in [3.05, 3.63) is 47.7 Å². The van der Waals surface area contributed by atoms with Gasteiger partial charge >= 0.3 is 0 Å². The third kappa shape index (κ3) is 2.44. The number of nitrogen functional groups attached to an aromatic ring is 1. The fourth-order valence-electron chi connectivity index (χ4n) is 1.98. The van der Waals surface area contributed by atoms with Gasteiger partial charge in [0.05, 0.1) is 6.21 Å². The lowest BCUT2D eigenvalue weighted by atomic mass is 10.0. The van der Waals surface area contributed by atoms with Crippen LogP contribution in [-0.2, 0) is 0 Å². The lowest BCUT2D eigenvalue weighted by Crippen LogP contribution is -2.19. The zero-order valence-electron chi connectivity index (χ0n) is 11.2. The highest BCUT2D eigenvalue weighted by atomic mass is 16.6. The van der Waals surface area contributed by atoms with E-state index in [1.807, 2.05) is 24.3 Å². The molecule has 4 N–H and O–H groups in total. The van der Waals surface area contributed by atoms with Gasteiger partial charge in [-0.25, -0.2) is 10.1 Å². The molecule has 0 spiro atoms. The fraction of sp³-hybridized carbons (Fsp3) is 0. The zero-order chi connectivity index (χ0) is 15.5. The Labute approximate surface area is 124 Å². The number of carbonyl (C=O) groups is 1. The Hall–Kier alpha value is -3.42. The molecule has 0 atom stereocenters. The normalized spacial score (nSPS) is 11.1. The summed E-state index contributed by atoms with van der Waals surface area (Å²) >= 11 is 0. The molecule has 1 amide bonds. The summed E-state index contributed by atoms with van der Waals surface area (Å²) in [5, 5.41) is 22.2. The zero-order valence-corrected chi connectivity index (χ0v) is 11.2. The molecule has 8 nitrogen and oxygen atoms in total. The van der Waals surface area contributed by atoms with Crippen LogP contribution in [0.3, 0.4) is 0 Å². The molecule has 22 heavy (non-hydrogen) atoms. The third-order valence-corrected chi connectivity index (χ3v) is 3.04. The van der Waals surface area contributed by atoms with E-state index >= 15 is 0 Å². The van der Waals surface area contributed by atoms with E-state index in [-0.39, 0.29) is 17.3 Å². The number of anilines is 1. The smallest absolute Gasteiger partial charge is 0.297 e. The summed E-state index contributed by atoms with van der Waals surface area (Å²) in [6.45, 7) is 0. The third-order valence-electron chi connectivity index (χ3n) is 3.04. The second kappa shape index (κ2) is 5.52. The number of hydrogen-bond donors (Lipinski definition) is 3. The van der Waals surface area contributed by atoms with Gasteiger partial charge in [0.1, 0.15) is 5.75 Å². The second-order valence-electron chi connectivity index (χ2n) is 4.42. The first-order valence-corrected chi connectivity index (χ1v) is 6.29. The van der Waals surface area contributed by atoms with Crippen molar-refractivity contribution in [2.45, 2.75) is 0 Å². The molecule has 0 radical (unpaired) electrons. The van der Waals surface area contributed by atoms with Crippen LogP contribution >= 0.6 is 0 Å². The Kier molecular flexibility index (Phi) is 3.40. The molecule has 0 aliphatic heterocycles. The van der Waals surface area contributed by atoms with Gasteiger partial charge in [-0.1, -0.05) is 30.3 Å². The number of phenols is 1. The number of aromatic nitrogens is 2. The molecule has 0 saturated heterocycles. The Morgan fingerprint density at radius 2 is 2.09 bits per heavy atom. The summed E-state index contributed by atoms with van der Waals surface area (Å²) < 4.78 is 4.33. The fourth-order valence-corrected chi connectivity index (χ4v) is 1.98. The van der Waals surface area contributed by atoms with Gasteiger partial charge in [0.25, 0.3) is 5.91 Å². The highest BCUT2D eigenvalue weighted by Crippen LogP contribution is 2.25. The van der Waals surface area contributed by atoms with Crippen LogP contribution in [0.25, 0.3) is 10.8 Å². The number of hydrazone groups is 1. The number of nitrogens with zero attached hydrogens (tertiary/aromatic N) is 3. The molecule has 0 aliphatic carbocycles. The molecule has 3 aromatic rings. The van der Waals surface area contributed by atoms with Crippen LogP contribution in [0, 0.1) is 0 Å². The standard InChI is InChI=1S/C14H11N5O3/c15-13-12(18-22-19-13)14(21)17-16-7-10-9-4-2-1-3-8(9)5-6-11(10)20/h1-7,20H,(H2,15,19)(H,17,21). The van der Waals surface area contributed by atoms with E-state index in [0.29, 0.717) is 5.56 Å². The SMILES string of the molecule is Nc1nonc1C(=O)NN=Cc1c(O)ccc2ccccc12. The molecule has 110 valence electrons. The van der Waals surface area contributed by atoms with Gasteiger partial charge in [-0.15, -0.1) is 0 Å². The lowest BCUT2D eigenvalue weighted by Gasteiger charge is -2.04. The van der Waals surface area contributed by atoms with Gasteiger partial charge in [0.15, 0.2) is 0 Å². The highest BCUT2D eigenvalue weighted by Gasteiger charge is 2.15. The van der Waals surface area contributed by atoms with Gasteiger partial charge in [-0.05, 0) is 27.2 Å². The Morgan fingerprint density at radius 3 is 2.86 bits per heavy atom. The van der Waals surface area contributed by atoms with Crippen molar-refractivity contribution in [3.8, 4) is 5.75 Å². The van der Waals surface area contributed by atoms with Crippen molar-refractivity contribution in [3.63, 3.8) is 0 Å². The summed E-state index contributed by atoms with van der Waals surface area (Å²) in [5.41, 5.74) is 7.98. The van der Waals surface area contributed by atoms with E-state index in [1.165, 1.54) is 6.21 Å². The van der Waals surface area contributed by atoms with E-state index < -0.39 is 5.91 Å². The number of amides is 1. The van der Waals surface area contributed by atoms with E-state index in [2.05, 4.69) is 25.5 Å². The lowest BCUT2D eigenvalue weighted by molar-refractivity contribution is 0.0946. The minimum atomic E-state index is -0.658. The van der Waals surface area contributed by atoms with E-state index in [9.17, 15) is 9.90 Å². The van der Waals surface area contributed by atoms with Gasteiger partial charge in [-0.2, -0.15) is 5.10 Å². The number of aromatic hydroxyl groups is 1. The van der Waals surface area contributed by atoms with Crippen molar-refractivity contribution >= 4 is 28.7 Å². The Bertz CT molecular complexity index is 872. The van der Waals surface area contributed by atoms with Crippen molar-refractivity contribution in [2.24, 2.45) is 5.10 Å². The van der Waals surface area contributed by atoms with Gasteiger partial charge in [-0.3, -0.25) is 4.79 Å².